The van der Waals surface area contributed by atoms with E-state index in [0.717, 1.165) is 0 Å². The summed E-state index contributed by atoms with van der Waals surface area (Å²) in [6, 6.07) is 0. The van der Waals surface area contributed by atoms with Gasteiger partial charge in [0.05, 0.1) is 0 Å². The molecule has 0 aliphatic rings. The molecular formula is C124H272N8. The molecule has 0 spiro atoms. The van der Waals surface area contributed by atoms with Gasteiger partial charge in [-0.3, -0.25) is 0 Å². The van der Waals surface area contributed by atoms with Crippen LogP contribution in [0.3, 0.4) is 0 Å². The van der Waals surface area contributed by atoms with E-state index in [-0.39, 0.29) is 0 Å². The van der Waals surface area contributed by atoms with Gasteiger partial charge in [-0.15, -0.1) is 0 Å². The molecule has 0 radical (unpaired) electrons. The van der Waals surface area contributed by atoms with Crippen molar-refractivity contribution in [3.05, 3.63) is 0 Å². The quantitative estimate of drug-likeness (QED) is 0.0556. The molecule has 0 aromatic carbocycles. The standard InChI is InChI=1S/2C20H43N.2C16H35N.2C14H31N.2C12H27N/c1-4-6-8-10-12-14-16-18-20-21(3)19-17-15-13-11-9-7-5-2;1-4-7-8-9-10-11-12-13-14-15-16-17-18-19-20-21(5-2)6-3;1-4-5-6-7-8-9-10-11-12-13-14-15-16-17(2)3;1-4-7-8-9-10-11-12-13-14-15-16-17(5-2)6-3;1-4-5-6-7-8-9-10-11-12-13-14-15(2)3;1-4-7-8-9-10-11-12-13-14-15(5-2)6-3;1-4-5-6-7-8-9-10-11-12-13(2)3;1-4-7-8-9-10-11-12-13(5-2)6-3/h2*4-20H2,1-3H3;2*4-16H2,1-3H3;2*4-14H2,1-3H3;2*4-12H2,1-3H3. The van der Waals surface area contributed by atoms with Crippen LogP contribution >= 0.6 is 0 Å². The van der Waals surface area contributed by atoms with Gasteiger partial charge >= 0.3 is 0 Å². The van der Waals surface area contributed by atoms with Gasteiger partial charge in [-0.1, -0.05) is 593 Å². The van der Waals surface area contributed by atoms with Gasteiger partial charge in [0.2, 0.25) is 0 Å². The van der Waals surface area contributed by atoms with E-state index in [2.05, 4.69) is 206 Å². The maximum absolute atomic E-state index is 2.54. The lowest BCUT2D eigenvalue weighted by molar-refractivity contribution is 0.295. The van der Waals surface area contributed by atoms with Crippen molar-refractivity contribution in [1.29, 1.82) is 0 Å². The number of hydrogen-bond donors (Lipinski definition) is 0. The molecule has 0 bridgehead atoms. The lowest BCUT2D eigenvalue weighted by Gasteiger charge is -2.17. The molecule has 0 aromatic rings. The summed E-state index contributed by atoms with van der Waals surface area (Å²) in [5.74, 6) is 0. The fourth-order valence-electron chi connectivity index (χ4n) is 17.8. The zero-order chi connectivity index (χ0) is 99.3. The molecule has 0 aromatic heterocycles. The van der Waals surface area contributed by atoms with E-state index in [1.165, 1.54) is 644 Å². The Morgan fingerprint density at radius 2 is 0.174 bits per heavy atom. The van der Waals surface area contributed by atoms with Crippen LogP contribution in [0.25, 0.3) is 0 Å². The minimum atomic E-state index is 1.21. The van der Waals surface area contributed by atoms with Gasteiger partial charge in [0.15, 0.2) is 0 Å². The third kappa shape index (κ3) is 158. The van der Waals surface area contributed by atoms with Crippen molar-refractivity contribution in [2.45, 2.75) is 651 Å². The Morgan fingerprint density at radius 3 is 0.265 bits per heavy atom. The second kappa shape index (κ2) is 144. The highest BCUT2D eigenvalue weighted by molar-refractivity contribution is 4.62. The molecule has 808 valence electrons. The summed E-state index contributed by atoms with van der Waals surface area (Å²) in [6.45, 7) is 60.0. The predicted molar refractivity (Wildman–Crippen MR) is 619 cm³/mol. The maximum atomic E-state index is 2.54. The molecular weight excluding hydrogens is 1600 g/mol. The average Bonchev–Trinajstić information content (AvgIpc) is 1.06. The SMILES string of the molecule is CCCCCCCCCCCCCCCCN(CC)CC.CCCCCCCCCCCCCCN(C)C.CCCCCCCCCCCCN(C)C.CCCCCCCCCCCCN(CC)CC.CCCCCCCCCCN(C)C.CCCCCCCCCCN(C)CCCCCCCCC.CCCCCCCCCCN(CC)CC.CCCCCCCCN(CC)CC. The van der Waals surface area contributed by atoms with Crippen LogP contribution in [0, 0.1) is 0 Å². The van der Waals surface area contributed by atoms with Crippen LogP contribution in [0.1, 0.15) is 651 Å². The van der Waals surface area contributed by atoms with E-state index in [0.29, 0.717) is 0 Å². The maximum Gasteiger partial charge on any atom is -0.00190 e. The summed E-state index contributed by atoms with van der Waals surface area (Å²) in [6.07, 6.45) is 119. The van der Waals surface area contributed by atoms with Gasteiger partial charge in [-0.2, -0.15) is 0 Å². The normalized spacial score (nSPS) is 11.3. The smallest absolute Gasteiger partial charge is 0.00190 e. The molecule has 0 unspecified atom stereocenters. The zero-order valence-electron chi connectivity index (χ0n) is 98.3. The molecule has 0 heterocycles. The summed E-state index contributed by atoms with van der Waals surface area (Å²) in [7, 11) is 15.3. The van der Waals surface area contributed by atoms with Crippen molar-refractivity contribution in [3.63, 3.8) is 0 Å². The van der Waals surface area contributed by atoms with Crippen LogP contribution in [-0.4, -0.2) is 200 Å². The highest BCUT2D eigenvalue weighted by atomic mass is 15.1. The van der Waals surface area contributed by atoms with Crippen LogP contribution in [0.15, 0.2) is 0 Å². The minimum Gasteiger partial charge on any atom is -0.309 e. The number of unbranched alkanes of at least 4 members (excludes halogenated alkanes) is 74. The molecule has 0 aliphatic heterocycles. The van der Waals surface area contributed by atoms with Crippen molar-refractivity contribution in [2.24, 2.45) is 0 Å². The van der Waals surface area contributed by atoms with Crippen molar-refractivity contribution in [3.8, 4) is 0 Å². The van der Waals surface area contributed by atoms with Crippen LogP contribution in [0.2, 0.25) is 0 Å². The second-order valence-electron chi connectivity index (χ2n) is 42.0. The Hall–Kier alpha value is -0.320. The molecule has 8 heteroatoms. The summed E-state index contributed by atoms with van der Waals surface area (Å²) >= 11 is 0. The first-order valence-electron chi connectivity index (χ1n) is 62.0. The summed E-state index contributed by atoms with van der Waals surface area (Å²) in [5.41, 5.74) is 0. The topological polar surface area (TPSA) is 25.9 Å². The van der Waals surface area contributed by atoms with Crippen molar-refractivity contribution < 1.29 is 0 Å². The Bertz CT molecular complexity index is 1750. The summed E-state index contributed by atoms with van der Waals surface area (Å²) in [5, 5.41) is 0. The van der Waals surface area contributed by atoms with Crippen LogP contribution in [0.4, 0.5) is 0 Å². The fourth-order valence-corrected chi connectivity index (χ4v) is 17.8. The zero-order valence-corrected chi connectivity index (χ0v) is 98.3. The highest BCUT2D eigenvalue weighted by Gasteiger charge is 2.06. The first-order chi connectivity index (χ1) is 64.5. The Morgan fingerprint density at radius 1 is 0.0909 bits per heavy atom. The Kier molecular flexibility index (Phi) is 160. The molecule has 132 heavy (non-hydrogen) atoms. The number of rotatable bonds is 100. The van der Waals surface area contributed by atoms with E-state index in [9.17, 15) is 0 Å². The lowest BCUT2D eigenvalue weighted by Crippen LogP contribution is -2.23. The van der Waals surface area contributed by atoms with Gasteiger partial charge in [0.1, 0.15) is 0 Å². The Balaban J connectivity index is -0.000000223. The number of nitrogens with zero attached hydrogens (tertiary/aromatic N) is 8. The monoisotopic (exact) mass is 1870 g/mol. The molecule has 0 atom stereocenters. The van der Waals surface area contributed by atoms with Gasteiger partial charge in [-0.05, 0) is 218 Å². The molecule has 0 amide bonds. The van der Waals surface area contributed by atoms with E-state index in [4.69, 9.17) is 0 Å². The van der Waals surface area contributed by atoms with E-state index >= 15 is 0 Å². The third-order valence-electron chi connectivity index (χ3n) is 27.8. The molecule has 0 fully saturated rings. The van der Waals surface area contributed by atoms with Gasteiger partial charge in [0, 0.05) is 0 Å². The predicted octanol–water partition coefficient (Wildman–Crippen LogP) is 40.4. The summed E-state index contributed by atoms with van der Waals surface area (Å²) in [4.78, 5) is 19.5. The first-order valence-corrected chi connectivity index (χ1v) is 62.0. The highest BCUT2D eigenvalue weighted by Crippen LogP contribution is 2.19. The fraction of sp³-hybridized carbons (Fsp3) is 1.00. The number of hydrogen-bond acceptors (Lipinski definition) is 8. The van der Waals surface area contributed by atoms with Crippen molar-refractivity contribution in [2.75, 3.05) is 161 Å². The van der Waals surface area contributed by atoms with E-state index in [1.807, 2.05) is 0 Å². The minimum absolute atomic E-state index is 1.21. The second-order valence-corrected chi connectivity index (χ2v) is 42.0. The molecule has 0 N–H and O–H groups in total. The van der Waals surface area contributed by atoms with Crippen LogP contribution in [-0.2, 0) is 0 Å². The van der Waals surface area contributed by atoms with Crippen LogP contribution in [0.5, 0.6) is 0 Å². The molecule has 0 saturated heterocycles. The lowest BCUT2D eigenvalue weighted by atomic mass is 10.0. The van der Waals surface area contributed by atoms with Gasteiger partial charge in [-0.25, -0.2) is 0 Å². The molecule has 8 nitrogen and oxygen atoms in total. The third-order valence-corrected chi connectivity index (χ3v) is 27.8. The first kappa shape index (κ1) is 147. The Labute approximate surface area is 845 Å². The van der Waals surface area contributed by atoms with Crippen LogP contribution < -0.4 is 0 Å². The molecule has 0 saturated carbocycles. The molecule has 0 rings (SSSR count). The average molecular weight is 1880 g/mol. The summed E-state index contributed by atoms with van der Waals surface area (Å²) < 4.78 is 0. The van der Waals surface area contributed by atoms with Gasteiger partial charge < -0.3 is 39.2 Å². The van der Waals surface area contributed by atoms with E-state index in [1.54, 1.807) is 0 Å². The van der Waals surface area contributed by atoms with Crippen molar-refractivity contribution in [1.82, 2.24) is 39.2 Å². The molecule has 0 aliphatic carbocycles. The van der Waals surface area contributed by atoms with E-state index < -0.39 is 0 Å². The van der Waals surface area contributed by atoms with Gasteiger partial charge in [0.25, 0.3) is 0 Å². The van der Waals surface area contributed by atoms with Crippen molar-refractivity contribution >= 4 is 0 Å². The largest absolute Gasteiger partial charge is 0.309 e.